The number of halogens is 2. The van der Waals surface area contributed by atoms with E-state index in [0.29, 0.717) is 0 Å². The van der Waals surface area contributed by atoms with Gasteiger partial charge in [-0.3, -0.25) is 4.98 Å². The summed E-state index contributed by atoms with van der Waals surface area (Å²) >= 11 is 0. The lowest BCUT2D eigenvalue weighted by molar-refractivity contribution is 0.0949. The molecule has 4 nitrogen and oxygen atoms in total. The van der Waals surface area contributed by atoms with Crippen molar-refractivity contribution in [3.8, 4) is 0 Å². The Morgan fingerprint density at radius 1 is 1.17 bits per heavy atom. The van der Waals surface area contributed by atoms with E-state index >= 15 is 0 Å². The number of aromatic nitrogens is 1. The van der Waals surface area contributed by atoms with Crippen molar-refractivity contribution in [2.24, 2.45) is 0 Å². The van der Waals surface area contributed by atoms with Gasteiger partial charge in [0.05, 0.1) is 12.6 Å². The Hall–Kier alpha value is -2.50. The highest BCUT2D eigenvalue weighted by Crippen LogP contribution is 2.13. The topological polar surface area (TPSA) is 45.2 Å². The molecule has 122 valence electrons. The summed E-state index contributed by atoms with van der Waals surface area (Å²) in [7, 11) is 0. The fourth-order valence-electron chi connectivity index (χ4n) is 2.20. The lowest BCUT2D eigenvalue weighted by atomic mass is 10.1. The van der Waals surface area contributed by atoms with E-state index in [-0.39, 0.29) is 12.6 Å². The van der Waals surface area contributed by atoms with Gasteiger partial charge in [-0.15, -0.1) is 0 Å². The zero-order chi connectivity index (χ0) is 16.7. The van der Waals surface area contributed by atoms with Crippen molar-refractivity contribution >= 4 is 6.03 Å². The molecular weight excluding hydrogens is 300 g/mol. The molecular formula is C17H19F2N3O. The number of hydrogen-bond donors (Lipinski definition) is 1. The van der Waals surface area contributed by atoms with Crippen molar-refractivity contribution in [3.63, 3.8) is 0 Å². The average molecular weight is 319 g/mol. The van der Waals surface area contributed by atoms with Gasteiger partial charge in [0.25, 0.3) is 6.43 Å². The van der Waals surface area contributed by atoms with Crippen LogP contribution in [0.25, 0.3) is 0 Å². The van der Waals surface area contributed by atoms with Crippen molar-refractivity contribution in [2.75, 3.05) is 6.54 Å². The van der Waals surface area contributed by atoms with Crippen LogP contribution in [-0.2, 0) is 6.54 Å². The second-order valence-electron chi connectivity index (χ2n) is 5.21. The number of pyridine rings is 1. The molecule has 1 N–H and O–H groups in total. The highest BCUT2D eigenvalue weighted by Gasteiger charge is 2.20. The molecule has 1 heterocycles. The van der Waals surface area contributed by atoms with E-state index in [4.69, 9.17) is 0 Å². The molecule has 0 spiro atoms. The number of alkyl halides is 2. The van der Waals surface area contributed by atoms with Crippen LogP contribution >= 0.6 is 0 Å². The maximum absolute atomic E-state index is 12.8. The van der Waals surface area contributed by atoms with Crippen LogP contribution in [0.1, 0.15) is 24.1 Å². The summed E-state index contributed by atoms with van der Waals surface area (Å²) in [5.41, 5.74) is 1.67. The van der Waals surface area contributed by atoms with Crippen LogP contribution in [0.2, 0.25) is 0 Å². The third-order valence-corrected chi connectivity index (χ3v) is 3.41. The highest BCUT2D eigenvalue weighted by molar-refractivity contribution is 5.74. The van der Waals surface area contributed by atoms with E-state index in [2.05, 4.69) is 10.3 Å². The maximum Gasteiger partial charge on any atom is 0.318 e. The van der Waals surface area contributed by atoms with Crippen molar-refractivity contribution in [3.05, 3.63) is 66.0 Å². The van der Waals surface area contributed by atoms with Crippen molar-refractivity contribution < 1.29 is 13.6 Å². The van der Waals surface area contributed by atoms with Crippen LogP contribution in [-0.4, -0.2) is 28.9 Å². The highest BCUT2D eigenvalue weighted by atomic mass is 19.3. The third-order valence-electron chi connectivity index (χ3n) is 3.41. The number of carbonyl (C=O) groups excluding carboxylic acids is 1. The molecule has 2 rings (SSSR count). The first kappa shape index (κ1) is 16.9. The Labute approximate surface area is 134 Å². The van der Waals surface area contributed by atoms with Crippen molar-refractivity contribution in [1.82, 2.24) is 15.2 Å². The van der Waals surface area contributed by atoms with E-state index in [1.807, 2.05) is 18.2 Å². The van der Waals surface area contributed by atoms with Crippen LogP contribution in [0, 0.1) is 0 Å². The summed E-state index contributed by atoms with van der Waals surface area (Å²) in [4.78, 5) is 17.4. The number of urea groups is 1. The quantitative estimate of drug-likeness (QED) is 0.884. The van der Waals surface area contributed by atoms with Crippen LogP contribution in [0.4, 0.5) is 13.6 Å². The van der Waals surface area contributed by atoms with Gasteiger partial charge in [0, 0.05) is 18.9 Å². The number of rotatable bonds is 6. The maximum atomic E-state index is 12.8. The Balaban J connectivity index is 2.04. The zero-order valence-electron chi connectivity index (χ0n) is 12.8. The molecule has 0 aliphatic rings. The van der Waals surface area contributed by atoms with Gasteiger partial charge in [-0.05, 0) is 30.2 Å². The molecule has 0 bridgehead atoms. The Morgan fingerprint density at radius 2 is 1.83 bits per heavy atom. The lowest BCUT2D eigenvalue weighted by Gasteiger charge is -2.25. The van der Waals surface area contributed by atoms with Crippen LogP contribution in [0.15, 0.2) is 54.9 Å². The number of nitrogens with zero attached hydrogens (tertiary/aromatic N) is 2. The van der Waals surface area contributed by atoms with Crippen molar-refractivity contribution in [2.45, 2.75) is 25.9 Å². The molecule has 2 amide bonds. The molecule has 6 heteroatoms. The van der Waals surface area contributed by atoms with E-state index in [1.165, 1.54) is 0 Å². The molecule has 0 saturated heterocycles. The van der Waals surface area contributed by atoms with E-state index in [9.17, 15) is 13.6 Å². The number of amides is 2. The van der Waals surface area contributed by atoms with E-state index < -0.39 is 19.0 Å². The van der Waals surface area contributed by atoms with Gasteiger partial charge >= 0.3 is 6.03 Å². The van der Waals surface area contributed by atoms with Gasteiger partial charge in [0.1, 0.15) is 0 Å². The fourth-order valence-corrected chi connectivity index (χ4v) is 2.20. The monoisotopic (exact) mass is 319 g/mol. The minimum atomic E-state index is -2.58. The van der Waals surface area contributed by atoms with E-state index in [1.54, 1.807) is 43.6 Å². The predicted octanol–water partition coefficient (Wildman–Crippen LogP) is 3.62. The van der Waals surface area contributed by atoms with Gasteiger partial charge in [-0.2, -0.15) is 0 Å². The fraction of sp³-hybridized carbons (Fsp3) is 0.294. The SMILES string of the molecule is CC(NC(=O)N(Cc1ccccc1)CC(F)F)c1ccncc1. The average Bonchev–Trinajstić information content (AvgIpc) is 2.55. The molecule has 1 atom stereocenters. The van der Waals surface area contributed by atoms with Crippen LogP contribution in [0.3, 0.4) is 0 Å². The summed E-state index contributed by atoms with van der Waals surface area (Å²) < 4.78 is 25.6. The van der Waals surface area contributed by atoms with Gasteiger partial charge < -0.3 is 10.2 Å². The molecule has 2 aromatic rings. The lowest BCUT2D eigenvalue weighted by Crippen LogP contribution is -2.42. The van der Waals surface area contributed by atoms with Gasteiger partial charge in [-0.25, -0.2) is 13.6 Å². The van der Waals surface area contributed by atoms with Gasteiger partial charge in [0.15, 0.2) is 0 Å². The Morgan fingerprint density at radius 3 is 2.43 bits per heavy atom. The number of hydrogen-bond acceptors (Lipinski definition) is 2. The van der Waals surface area contributed by atoms with Crippen molar-refractivity contribution in [1.29, 1.82) is 0 Å². The normalized spacial score (nSPS) is 12.0. The molecule has 0 aliphatic heterocycles. The number of benzene rings is 1. The largest absolute Gasteiger partial charge is 0.331 e. The summed E-state index contributed by atoms with van der Waals surface area (Å²) in [6.45, 7) is 1.33. The second-order valence-corrected chi connectivity index (χ2v) is 5.21. The number of carbonyl (C=O) groups is 1. The Bertz CT molecular complexity index is 608. The molecule has 1 aromatic carbocycles. The molecule has 1 unspecified atom stereocenters. The third kappa shape index (κ3) is 5.32. The Kier molecular flexibility index (Phi) is 6.02. The predicted molar refractivity (Wildman–Crippen MR) is 84.0 cm³/mol. The first-order valence-corrected chi connectivity index (χ1v) is 7.33. The molecule has 0 saturated carbocycles. The first-order valence-electron chi connectivity index (χ1n) is 7.33. The standard InChI is InChI=1S/C17H19F2N3O/c1-13(15-7-9-20-10-8-15)21-17(23)22(12-16(18)19)11-14-5-3-2-4-6-14/h2-10,13,16H,11-12H2,1H3,(H,21,23). The molecule has 1 aromatic heterocycles. The van der Waals surface area contributed by atoms with Crippen LogP contribution in [0.5, 0.6) is 0 Å². The molecule has 23 heavy (non-hydrogen) atoms. The minimum absolute atomic E-state index is 0.139. The first-order chi connectivity index (χ1) is 11.1. The molecule has 0 radical (unpaired) electrons. The van der Waals surface area contributed by atoms with Gasteiger partial charge in [0.2, 0.25) is 0 Å². The van der Waals surface area contributed by atoms with Crippen LogP contribution < -0.4 is 5.32 Å². The number of nitrogens with one attached hydrogen (secondary N) is 1. The summed E-state index contributed by atoms with van der Waals surface area (Å²) in [6, 6.07) is 11.8. The molecule has 0 aliphatic carbocycles. The minimum Gasteiger partial charge on any atom is -0.331 e. The summed E-state index contributed by atoms with van der Waals surface area (Å²) in [5.74, 6) is 0. The zero-order valence-corrected chi connectivity index (χ0v) is 12.8. The smallest absolute Gasteiger partial charge is 0.318 e. The van der Waals surface area contributed by atoms with Gasteiger partial charge in [-0.1, -0.05) is 30.3 Å². The summed E-state index contributed by atoms with van der Waals surface area (Å²) in [5, 5.41) is 2.75. The second kappa shape index (κ2) is 8.22. The molecule has 0 fully saturated rings. The van der Waals surface area contributed by atoms with E-state index in [0.717, 1.165) is 16.0 Å². The summed E-state index contributed by atoms with van der Waals surface area (Å²) in [6.07, 6.45) is 0.665.